The Labute approximate surface area is 133 Å². The van der Waals surface area contributed by atoms with Gasteiger partial charge < -0.3 is 10.0 Å². The zero-order chi connectivity index (χ0) is 15.6. The molecule has 0 amide bonds. The topological polar surface area (TPSA) is 75.0 Å². The first-order valence-electron chi connectivity index (χ1n) is 7.45. The summed E-state index contributed by atoms with van der Waals surface area (Å²) in [5, 5.41) is 9.56. The average molecular weight is 305 g/mol. The van der Waals surface area contributed by atoms with E-state index >= 15 is 0 Å². The van der Waals surface area contributed by atoms with Crippen LogP contribution in [0.5, 0.6) is 5.75 Å². The van der Waals surface area contributed by atoms with Crippen molar-refractivity contribution in [1.29, 1.82) is 0 Å². The highest BCUT2D eigenvalue weighted by molar-refractivity contribution is 5.51. The molecule has 6 nitrogen and oxygen atoms in total. The number of phenols is 1. The molecule has 6 heteroatoms. The summed E-state index contributed by atoms with van der Waals surface area (Å²) in [5.41, 5.74) is 3.41. The second kappa shape index (κ2) is 5.64. The van der Waals surface area contributed by atoms with Crippen molar-refractivity contribution < 1.29 is 5.11 Å². The fraction of sp³-hybridized carbons (Fsp3) is 0.176. The van der Waals surface area contributed by atoms with E-state index in [4.69, 9.17) is 0 Å². The summed E-state index contributed by atoms with van der Waals surface area (Å²) < 4.78 is 0. The molecule has 0 unspecified atom stereocenters. The Kier molecular flexibility index (Phi) is 3.34. The summed E-state index contributed by atoms with van der Waals surface area (Å²) >= 11 is 0. The third-order valence-corrected chi connectivity index (χ3v) is 3.97. The summed E-state index contributed by atoms with van der Waals surface area (Å²) in [7, 11) is 0. The smallest absolute Gasteiger partial charge is 0.197 e. The number of nitrogens with zero attached hydrogens (tertiary/aromatic N) is 5. The molecule has 0 saturated heterocycles. The lowest BCUT2D eigenvalue weighted by atomic mass is 9.99. The number of hydrogen-bond acceptors (Lipinski definition) is 6. The third-order valence-electron chi connectivity index (χ3n) is 3.97. The maximum atomic E-state index is 9.56. The number of rotatable bonds is 2. The van der Waals surface area contributed by atoms with E-state index < -0.39 is 0 Å². The van der Waals surface area contributed by atoms with Crippen LogP contribution in [0, 0.1) is 0 Å². The van der Waals surface area contributed by atoms with E-state index in [1.165, 1.54) is 11.1 Å². The number of fused-ring (bicyclic) bond motifs is 1. The van der Waals surface area contributed by atoms with Gasteiger partial charge in [0.1, 0.15) is 5.75 Å². The van der Waals surface area contributed by atoms with Crippen LogP contribution in [0.15, 0.2) is 49.1 Å². The molecule has 4 rings (SSSR count). The van der Waals surface area contributed by atoms with Gasteiger partial charge in [0.05, 0.1) is 18.1 Å². The highest BCUT2D eigenvalue weighted by Gasteiger charge is 2.17. The zero-order valence-corrected chi connectivity index (χ0v) is 12.4. The Bertz CT molecular complexity index is 820. The van der Waals surface area contributed by atoms with Gasteiger partial charge in [0, 0.05) is 25.5 Å². The second-order valence-corrected chi connectivity index (χ2v) is 5.46. The largest absolute Gasteiger partial charge is 0.508 e. The number of aromatic hydroxyl groups is 1. The predicted octanol–water partition coefficient (Wildman–Crippen LogP) is 2.20. The summed E-state index contributed by atoms with van der Waals surface area (Å²) in [6.45, 7) is 1.67. The first kappa shape index (κ1) is 13.6. The zero-order valence-electron chi connectivity index (χ0n) is 12.4. The molecule has 3 aromatic rings. The Morgan fingerprint density at radius 3 is 2.43 bits per heavy atom. The molecule has 3 heterocycles. The number of benzene rings is 1. The van der Waals surface area contributed by atoms with Gasteiger partial charge >= 0.3 is 0 Å². The average Bonchev–Trinajstić information content (AvgIpc) is 2.62. The maximum absolute atomic E-state index is 9.56. The van der Waals surface area contributed by atoms with E-state index in [1.54, 1.807) is 24.5 Å². The molecule has 1 N–H and O–H groups in total. The maximum Gasteiger partial charge on any atom is 0.197 e. The molecule has 0 spiro atoms. The van der Waals surface area contributed by atoms with Gasteiger partial charge in [-0.2, -0.15) is 0 Å². The fourth-order valence-electron chi connectivity index (χ4n) is 2.77. The van der Waals surface area contributed by atoms with Gasteiger partial charge in [-0.05, 0) is 35.7 Å². The fourth-order valence-corrected chi connectivity index (χ4v) is 2.77. The molecule has 0 radical (unpaired) electrons. The molecule has 0 atom stereocenters. The van der Waals surface area contributed by atoms with Gasteiger partial charge in [0.2, 0.25) is 0 Å². The van der Waals surface area contributed by atoms with Crippen LogP contribution in [0.2, 0.25) is 0 Å². The van der Waals surface area contributed by atoms with E-state index in [2.05, 4.69) is 24.8 Å². The van der Waals surface area contributed by atoms with Crippen LogP contribution in [0.3, 0.4) is 0 Å². The van der Waals surface area contributed by atoms with Gasteiger partial charge in [0.15, 0.2) is 11.6 Å². The van der Waals surface area contributed by atoms with Gasteiger partial charge in [-0.1, -0.05) is 6.07 Å². The van der Waals surface area contributed by atoms with Crippen molar-refractivity contribution in [2.75, 3.05) is 11.4 Å². The minimum Gasteiger partial charge on any atom is -0.508 e. The molecule has 1 aliphatic rings. The lowest BCUT2D eigenvalue weighted by Crippen LogP contribution is -2.30. The van der Waals surface area contributed by atoms with Crippen molar-refractivity contribution in [3.63, 3.8) is 0 Å². The number of phenolic OH excluding ortho intramolecular Hbond substituents is 1. The van der Waals surface area contributed by atoms with E-state index in [9.17, 15) is 5.11 Å². The summed E-state index contributed by atoms with van der Waals surface area (Å²) in [6.07, 6.45) is 7.87. The lowest BCUT2D eigenvalue weighted by molar-refractivity contribution is 0.473. The van der Waals surface area contributed by atoms with Crippen molar-refractivity contribution in [2.24, 2.45) is 0 Å². The summed E-state index contributed by atoms with van der Waals surface area (Å²) in [6, 6.07) is 7.32. The standard InChI is InChI=1S/C17H15N5O/c23-15-3-2-13-11-22(7-4-12(13)8-15)14-9-20-17(21-10-14)16-18-5-1-6-19-16/h1-3,5-6,8-10,23H,4,7,11H2. The van der Waals surface area contributed by atoms with Crippen LogP contribution >= 0.6 is 0 Å². The van der Waals surface area contributed by atoms with Crippen LogP contribution in [-0.2, 0) is 13.0 Å². The molecule has 2 aromatic heterocycles. The molecule has 1 aliphatic heterocycles. The normalized spacial score (nSPS) is 13.7. The molecule has 114 valence electrons. The van der Waals surface area contributed by atoms with Crippen molar-refractivity contribution in [3.05, 3.63) is 60.2 Å². The Balaban J connectivity index is 1.56. The van der Waals surface area contributed by atoms with Crippen LogP contribution in [0.25, 0.3) is 11.6 Å². The molecule has 1 aromatic carbocycles. The summed E-state index contributed by atoms with van der Waals surface area (Å²) in [5.74, 6) is 1.38. The minimum atomic E-state index is 0.327. The molecular formula is C17H15N5O. The summed E-state index contributed by atoms with van der Waals surface area (Å²) in [4.78, 5) is 19.3. The van der Waals surface area contributed by atoms with Gasteiger partial charge in [-0.15, -0.1) is 0 Å². The van der Waals surface area contributed by atoms with E-state index in [0.29, 0.717) is 17.4 Å². The molecule has 0 aliphatic carbocycles. The van der Waals surface area contributed by atoms with Crippen molar-refractivity contribution in [3.8, 4) is 17.4 Å². The number of hydrogen-bond donors (Lipinski definition) is 1. The minimum absolute atomic E-state index is 0.327. The van der Waals surface area contributed by atoms with Crippen LogP contribution in [0.1, 0.15) is 11.1 Å². The highest BCUT2D eigenvalue weighted by Crippen LogP contribution is 2.26. The second-order valence-electron chi connectivity index (χ2n) is 5.46. The first-order valence-corrected chi connectivity index (χ1v) is 7.45. The van der Waals surface area contributed by atoms with E-state index in [1.807, 2.05) is 24.5 Å². The van der Waals surface area contributed by atoms with Gasteiger partial charge in [0.25, 0.3) is 0 Å². The molecule has 0 saturated carbocycles. The molecule has 0 bridgehead atoms. The quantitative estimate of drug-likeness (QED) is 0.782. The Hall–Kier alpha value is -3.02. The highest BCUT2D eigenvalue weighted by atomic mass is 16.3. The van der Waals surface area contributed by atoms with Gasteiger partial charge in [-0.3, -0.25) is 0 Å². The monoisotopic (exact) mass is 305 g/mol. The third kappa shape index (κ3) is 2.70. The van der Waals surface area contributed by atoms with Crippen molar-refractivity contribution in [1.82, 2.24) is 19.9 Å². The molecule has 0 fully saturated rings. The van der Waals surface area contributed by atoms with E-state index in [0.717, 1.165) is 25.2 Å². The number of anilines is 1. The van der Waals surface area contributed by atoms with E-state index in [-0.39, 0.29) is 0 Å². The van der Waals surface area contributed by atoms with Crippen molar-refractivity contribution >= 4 is 5.69 Å². The van der Waals surface area contributed by atoms with Crippen LogP contribution < -0.4 is 4.90 Å². The number of aromatic nitrogens is 4. The van der Waals surface area contributed by atoms with Crippen molar-refractivity contribution in [2.45, 2.75) is 13.0 Å². The Morgan fingerprint density at radius 1 is 0.913 bits per heavy atom. The van der Waals surface area contributed by atoms with Gasteiger partial charge in [-0.25, -0.2) is 19.9 Å². The lowest BCUT2D eigenvalue weighted by Gasteiger charge is -2.30. The van der Waals surface area contributed by atoms with Crippen LogP contribution in [-0.4, -0.2) is 31.6 Å². The first-order chi connectivity index (χ1) is 11.3. The SMILES string of the molecule is Oc1ccc2c(c1)CCN(c1cnc(-c3ncccn3)nc1)C2. The predicted molar refractivity (Wildman–Crippen MR) is 85.9 cm³/mol. The molecule has 23 heavy (non-hydrogen) atoms. The van der Waals surface area contributed by atoms with Crippen LogP contribution in [0.4, 0.5) is 5.69 Å². The Morgan fingerprint density at radius 2 is 1.65 bits per heavy atom. The molecular weight excluding hydrogens is 290 g/mol.